The number of nitrogens with zero attached hydrogens (tertiary/aromatic N) is 2. The molecular formula is C36H51FN2O5. The lowest BCUT2D eigenvalue weighted by molar-refractivity contribution is -0.0987. The average molecular weight is 611 g/mol. The van der Waals surface area contributed by atoms with Crippen LogP contribution in [0.1, 0.15) is 76.0 Å². The van der Waals surface area contributed by atoms with Crippen molar-refractivity contribution < 1.29 is 28.2 Å². The number of carbonyl (C=O) groups is 2. The van der Waals surface area contributed by atoms with Crippen LogP contribution in [0.4, 0.5) is 10.1 Å². The zero-order chi connectivity index (χ0) is 32.7. The van der Waals surface area contributed by atoms with Crippen molar-refractivity contribution in [2.45, 2.75) is 65.7 Å². The van der Waals surface area contributed by atoms with Gasteiger partial charge in [0, 0.05) is 38.0 Å². The Balaban J connectivity index is 0.00000232. The third-order valence-electron chi connectivity index (χ3n) is 7.00. The van der Waals surface area contributed by atoms with Crippen LogP contribution < -0.4 is 9.64 Å². The number of methoxy groups -OCH3 is 1. The number of allylic oxidation sites excluding steroid dienone is 3. The number of carbonyl (C=O) groups excluding carboxylic acids is 2. The van der Waals surface area contributed by atoms with E-state index in [1.165, 1.54) is 24.6 Å². The lowest BCUT2D eigenvalue weighted by atomic mass is 9.97. The van der Waals surface area contributed by atoms with Gasteiger partial charge in [0.15, 0.2) is 11.6 Å². The van der Waals surface area contributed by atoms with Gasteiger partial charge in [-0.25, -0.2) is 4.39 Å². The van der Waals surface area contributed by atoms with Gasteiger partial charge < -0.3 is 28.7 Å². The average Bonchev–Trinajstić information content (AvgIpc) is 3.26. The van der Waals surface area contributed by atoms with Crippen LogP contribution >= 0.6 is 0 Å². The van der Waals surface area contributed by atoms with E-state index in [9.17, 15) is 0 Å². The fourth-order valence-corrected chi connectivity index (χ4v) is 4.75. The maximum absolute atomic E-state index is 15.1. The number of unbranched alkanes of at least 4 members (excludes halogenated alkanes) is 2. The Bertz CT molecular complexity index is 1180. The summed E-state index contributed by atoms with van der Waals surface area (Å²) in [5.74, 6) is 0.468. The van der Waals surface area contributed by atoms with Gasteiger partial charge in [0.1, 0.15) is 31.7 Å². The molecule has 0 saturated heterocycles. The van der Waals surface area contributed by atoms with Crippen molar-refractivity contribution in [2.24, 2.45) is 4.99 Å². The Morgan fingerprint density at radius 2 is 1.66 bits per heavy atom. The molecule has 0 fully saturated rings. The number of aliphatic imine (C=N–C) groups is 1. The number of rotatable bonds is 17. The van der Waals surface area contributed by atoms with E-state index in [-0.39, 0.29) is 5.75 Å². The van der Waals surface area contributed by atoms with Gasteiger partial charge in [-0.05, 0) is 79.1 Å². The molecule has 7 nitrogen and oxygen atoms in total. The van der Waals surface area contributed by atoms with E-state index in [1.54, 1.807) is 13.2 Å². The van der Waals surface area contributed by atoms with E-state index in [4.69, 9.17) is 28.8 Å². The second-order valence-corrected chi connectivity index (χ2v) is 10.2. The molecule has 8 heteroatoms. The molecule has 1 aliphatic rings. The van der Waals surface area contributed by atoms with Crippen molar-refractivity contribution in [3.05, 3.63) is 77.3 Å². The summed E-state index contributed by atoms with van der Waals surface area (Å²) in [6.07, 6.45) is 9.04. The largest absolute Gasteiger partial charge is 0.491 e. The van der Waals surface area contributed by atoms with Crippen molar-refractivity contribution in [2.75, 3.05) is 51.5 Å². The fraction of sp³-hybridized carbons (Fsp3) is 0.472. The second-order valence-electron chi connectivity index (χ2n) is 10.2. The maximum atomic E-state index is 15.1. The highest BCUT2D eigenvalue weighted by atomic mass is 19.1. The minimum Gasteiger partial charge on any atom is -0.491 e. The number of anilines is 1. The van der Waals surface area contributed by atoms with Gasteiger partial charge in [0.2, 0.25) is 0 Å². The summed E-state index contributed by atoms with van der Waals surface area (Å²) >= 11 is 0. The lowest BCUT2D eigenvalue weighted by Gasteiger charge is -2.24. The predicted molar refractivity (Wildman–Crippen MR) is 180 cm³/mol. The molecule has 44 heavy (non-hydrogen) atoms. The van der Waals surface area contributed by atoms with E-state index in [0.29, 0.717) is 37.8 Å². The van der Waals surface area contributed by atoms with Gasteiger partial charge in [-0.1, -0.05) is 52.3 Å². The zero-order valence-electron chi connectivity index (χ0n) is 27.2. The minimum absolute atomic E-state index is 0.245. The monoisotopic (exact) mass is 610 g/mol. The predicted octanol–water partition coefficient (Wildman–Crippen LogP) is 7.65. The molecule has 0 amide bonds. The maximum Gasteiger partial charge on any atom is 0.165 e. The first-order valence-corrected chi connectivity index (χ1v) is 15.5. The Kier molecular flexibility index (Phi) is 19.7. The Hall–Kier alpha value is -3.78. The molecule has 0 spiro atoms. The van der Waals surface area contributed by atoms with E-state index >= 15 is 4.39 Å². The summed E-state index contributed by atoms with van der Waals surface area (Å²) in [4.78, 5) is 23.3. The molecule has 1 aliphatic heterocycles. The quantitative estimate of drug-likeness (QED) is 0.104. The van der Waals surface area contributed by atoms with Crippen LogP contribution in [-0.2, 0) is 25.5 Å². The van der Waals surface area contributed by atoms with Crippen LogP contribution in [0.15, 0.2) is 59.8 Å². The SMILES string of the molecule is C=C(/C=C(\OCCCC)C1=NCCCc2cc(OCCOC)c(F)cc21)c1ccc(N(CCC)CCCC)cc1.C=O.C=O. The number of ether oxygens (including phenoxy) is 3. The van der Waals surface area contributed by atoms with Crippen molar-refractivity contribution in [1.82, 2.24) is 0 Å². The normalized spacial score (nSPS) is 12.3. The molecule has 0 bridgehead atoms. The third-order valence-corrected chi connectivity index (χ3v) is 7.00. The topological polar surface area (TPSA) is 77.4 Å². The van der Waals surface area contributed by atoms with Gasteiger partial charge in [0.25, 0.3) is 0 Å². The molecule has 0 atom stereocenters. The number of fused-ring (bicyclic) bond motifs is 1. The molecule has 0 aromatic heterocycles. The van der Waals surface area contributed by atoms with Crippen molar-refractivity contribution in [3.63, 3.8) is 0 Å². The van der Waals surface area contributed by atoms with E-state index in [2.05, 4.69) is 56.5 Å². The van der Waals surface area contributed by atoms with Crippen LogP contribution in [-0.4, -0.2) is 65.9 Å². The summed E-state index contributed by atoms with van der Waals surface area (Å²) in [5.41, 5.74) is 5.53. The van der Waals surface area contributed by atoms with Crippen LogP contribution in [0.5, 0.6) is 5.75 Å². The van der Waals surface area contributed by atoms with Gasteiger partial charge in [-0.2, -0.15) is 0 Å². The molecule has 2 aromatic rings. The van der Waals surface area contributed by atoms with Gasteiger partial charge >= 0.3 is 0 Å². The summed E-state index contributed by atoms with van der Waals surface area (Å²) in [7, 11) is 1.60. The molecule has 0 radical (unpaired) electrons. The summed E-state index contributed by atoms with van der Waals surface area (Å²) < 4.78 is 32.1. The zero-order valence-corrected chi connectivity index (χ0v) is 27.2. The molecule has 3 rings (SSSR count). The third kappa shape index (κ3) is 12.1. The molecule has 0 saturated carbocycles. The number of hydrogen-bond acceptors (Lipinski definition) is 7. The highest BCUT2D eigenvalue weighted by Crippen LogP contribution is 2.30. The molecule has 1 heterocycles. The fourth-order valence-electron chi connectivity index (χ4n) is 4.75. The highest BCUT2D eigenvalue weighted by Gasteiger charge is 2.22. The van der Waals surface area contributed by atoms with Crippen LogP contribution in [0.25, 0.3) is 5.57 Å². The van der Waals surface area contributed by atoms with Crippen molar-refractivity contribution in [1.29, 1.82) is 0 Å². The van der Waals surface area contributed by atoms with Gasteiger partial charge in [-0.3, -0.25) is 4.99 Å². The number of aryl methyl sites for hydroxylation is 1. The number of hydrogen-bond donors (Lipinski definition) is 0. The van der Waals surface area contributed by atoms with Crippen LogP contribution in [0, 0.1) is 5.82 Å². The summed E-state index contributed by atoms with van der Waals surface area (Å²) in [6.45, 7) is 19.0. The Morgan fingerprint density at radius 3 is 2.30 bits per heavy atom. The first kappa shape index (κ1) is 38.2. The van der Waals surface area contributed by atoms with Crippen LogP contribution in [0.3, 0.4) is 0 Å². The Morgan fingerprint density at radius 1 is 0.955 bits per heavy atom. The smallest absolute Gasteiger partial charge is 0.165 e. The molecule has 0 aliphatic carbocycles. The first-order chi connectivity index (χ1) is 21.5. The first-order valence-electron chi connectivity index (χ1n) is 15.5. The van der Waals surface area contributed by atoms with Gasteiger partial charge in [0.05, 0.1) is 13.2 Å². The molecule has 242 valence electrons. The standard InChI is InChI=1S/C34H47FN2O3.2CH2O/c1-6-9-19-37(18-8-3)29-15-13-27(14-16-29)26(4)23-33(39-20-10-7-2)34-30-25-31(35)32(40-22-21-38-5)24-28(30)12-11-17-36-34;2*1-2/h13-16,23-25H,4,6-12,17-22H2,1-3,5H3;2*1H2/b33-23-;;. The van der Waals surface area contributed by atoms with Gasteiger partial charge in [-0.15, -0.1) is 0 Å². The van der Waals surface area contributed by atoms with Crippen LogP contribution in [0.2, 0.25) is 0 Å². The van der Waals surface area contributed by atoms with Crippen molar-refractivity contribution >= 4 is 30.6 Å². The second kappa shape index (κ2) is 22.7. The van der Waals surface area contributed by atoms with E-state index < -0.39 is 5.82 Å². The van der Waals surface area contributed by atoms with E-state index in [1.807, 2.05) is 19.7 Å². The molecule has 0 N–H and O–H groups in total. The Labute approximate surface area is 263 Å². The van der Waals surface area contributed by atoms with Crippen molar-refractivity contribution in [3.8, 4) is 5.75 Å². The number of benzene rings is 2. The molecular weight excluding hydrogens is 559 g/mol. The summed E-state index contributed by atoms with van der Waals surface area (Å²) in [5, 5.41) is 0. The van der Waals surface area contributed by atoms with E-state index in [0.717, 1.165) is 67.5 Å². The molecule has 2 aromatic carbocycles. The molecule has 0 unspecified atom stereocenters. The lowest BCUT2D eigenvalue weighted by Crippen LogP contribution is -2.25. The minimum atomic E-state index is -0.411. The highest BCUT2D eigenvalue weighted by molar-refractivity contribution is 6.13. The summed E-state index contributed by atoms with van der Waals surface area (Å²) in [6, 6.07) is 11.9. The number of halogens is 1.